The number of aryl methyl sites for hydroxylation is 1. The molecule has 0 aliphatic heterocycles. The number of carbonyl (C=O) groups is 1. The first-order valence-electron chi connectivity index (χ1n) is 7.87. The number of nitrogens with one attached hydrogen (secondary N) is 1. The average molecular weight is 313 g/mol. The van der Waals surface area contributed by atoms with Crippen molar-refractivity contribution >= 4 is 11.6 Å². The van der Waals surface area contributed by atoms with Gasteiger partial charge in [0.15, 0.2) is 11.5 Å². The first-order valence-corrected chi connectivity index (χ1v) is 7.87. The molecule has 1 amide bonds. The van der Waals surface area contributed by atoms with Crippen molar-refractivity contribution in [1.82, 2.24) is 0 Å². The van der Waals surface area contributed by atoms with Crippen LogP contribution in [0.15, 0.2) is 42.5 Å². The van der Waals surface area contributed by atoms with E-state index in [-0.39, 0.29) is 5.91 Å². The third-order valence-electron chi connectivity index (χ3n) is 3.31. The van der Waals surface area contributed by atoms with Gasteiger partial charge < -0.3 is 14.8 Å². The van der Waals surface area contributed by atoms with E-state index in [0.29, 0.717) is 31.1 Å². The highest BCUT2D eigenvalue weighted by Crippen LogP contribution is 2.28. The van der Waals surface area contributed by atoms with Crippen molar-refractivity contribution in [2.75, 3.05) is 18.5 Å². The van der Waals surface area contributed by atoms with Crippen LogP contribution in [0, 0.1) is 6.92 Å². The standard InChI is InChI=1S/C19H23NO3/c1-4-22-17-11-8-15(12-18(17)23-5-2)13-19(21)20-16-9-6-14(3)7-10-16/h6-12H,4-5,13H2,1-3H3,(H,20,21). The van der Waals surface area contributed by atoms with Gasteiger partial charge in [0, 0.05) is 5.69 Å². The maximum Gasteiger partial charge on any atom is 0.228 e. The predicted octanol–water partition coefficient (Wildman–Crippen LogP) is 3.97. The van der Waals surface area contributed by atoms with E-state index in [1.165, 1.54) is 0 Å². The number of hydrogen-bond acceptors (Lipinski definition) is 3. The van der Waals surface area contributed by atoms with Crippen LogP contribution >= 0.6 is 0 Å². The number of anilines is 1. The van der Waals surface area contributed by atoms with Crippen LogP contribution in [0.3, 0.4) is 0 Å². The number of rotatable bonds is 7. The molecule has 122 valence electrons. The fourth-order valence-electron chi connectivity index (χ4n) is 2.23. The number of benzene rings is 2. The lowest BCUT2D eigenvalue weighted by Crippen LogP contribution is -2.14. The molecule has 23 heavy (non-hydrogen) atoms. The molecule has 0 aliphatic rings. The Morgan fingerprint density at radius 3 is 2.26 bits per heavy atom. The van der Waals surface area contributed by atoms with Crippen molar-refractivity contribution in [3.05, 3.63) is 53.6 Å². The molecule has 0 bridgehead atoms. The molecule has 1 N–H and O–H groups in total. The summed E-state index contributed by atoms with van der Waals surface area (Å²) in [5.41, 5.74) is 2.86. The molecule has 0 spiro atoms. The average Bonchev–Trinajstić information content (AvgIpc) is 2.52. The zero-order valence-electron chi connectivity index (χ0n) is 13.9. The zero-order valence-corrected chi connectivity index (χ0v) is 13.9. The quantitative estimate of drug-likeness (QED) is 0.841. The second-order valence-electron chi connectivity index (χ2n) is 5.24. The minimum atomic E-state index is -0.0551. The van der Waals surface area contributed by atoms with Gasteiger partial charge in [-0.2, -0.15) is 0 Å². The van der Waals surface area contributed by atoms with Crippen LogP contribution < -0.4 is 14.8 Å². The van der Waals surface area contributed by atoms with Crippen LogP contribution in [-0.2, 0) is 11.2 Å². The minimum absolute atomic E-state index is 0.0551. The maximum absolute atomic E-state index is 12.2. The Morgan fingerprint density at radius 2 is 1.61 bits per heavy atom. The summed E-state index contributed by atoms with van der Waals surface area (Å²) in [7, 11) is 0. The van der Waals surface area contributed by atoms with E-state index < -0.39 is 0 Å². The van der Waals surface area contributed by atoms with E-state index in [1.807, 2.05) is 63.2 Å². The molecule has 2 aromatic carbocycles. The Bertz CT molecular complexity index is 650. The molecule has 0 aliphatic carbocycles. The molecule has 4 nitrogen and oxygen atoms in total. The molecule has 0 saturated carbocycles. The lowest BCUT2D eigenvalue weighted by Gasteiger charge is -2.12. The van der Waals surface area contributed by atoms with Crippen molar-refractivity contribution in [3.63, 3.8) is 0 Å². The molecule has 2 aromatic rings. The van der Waals surface area contributed by atoms with E-state index in [0.717, 1.165) is 16.8 Å². The van der Waals surface area contributed by atoms with Crippen LogP contribution in [0.2, 0.25) is 0 Å². The SMILES string of the molecule is CCOc1ccc(CC(=O)Nc2ccc(C)cc2)cc1OCC. The monoisotopic (exact) mass is 313 g/mol. The van der Waals surface area contributed by atoms with Crippen LogP contribution in [0.25, 0.3) is 0 Å². The van der Waals surface area contributed by atoms with Crippen LogP contribution in [0.4, 0.5) is 5.69 Å². The lowest BCUT2D eigenvalue weighted by atomic mass is 10.1. The van der Waals surface area contributed by atoms with E-state index >= 15 is 0 Å². The topological polar surface area (TPSA) is 47.6 Å². The highest BCUT2D eigenvalue weighted by Gasteiger charge is 2.09. The Balaban J connectivity index is 2.05. The first kappa shape index (κ1) is 16.9. The van der Waals surface area contributed by atoms with Gasteiger partial charge in [0.25, 0.3) is 0 Å². The molecule has 0 radical (unpaired) electrons. The first-order chi connectivity index (χ1) is 11.1. The summed E-state index contributed by atoms with van der Waals surface area (Å²) >= 11 is 0. The molecule has 4 heteroatoms. The van der Waals surface area contributed by atoms with Gasteiger partial charge in [-0.3, -0.25) is 4.79 Å². The molecule has 2 rings (SSSR count). The largest absolute Gasteiger partial charge is 0.490 e. The summed E-state index contributed by atoms with van der Waals surface area (Å²) in [4.78, 5) is 12.2. The van der Waals surface area contributed by atoms with E-state index in [9.17, 15) is 4.79 Å². The molecule has 0 unspecified atom stereocenters. The van der Waals surface area contributed by atoms with Gasteiger partial charge in [-0.1, -0.05) is 23.8 Å². The minimum Gasteiger partial charge on any atom is -0.490 e. The second kappa shape index (κ2) is 8.22. The summed E-state index contributed by atoms with van der Waals surface area (Å²) < 4.78 is 11.1. The van der Waals surface area contributed by atoms with Gasteiger partial charge in [0.05, 0.1) is 19.6 Å². The number of hydrogen-bond donors (Lipinski definition) is 1. The van der Waals surface area contributed by atoms with Gasteiger partial charge in [0.1, 0.15) is 0 Å². The van der Waals surface area contributed by atoms with E-state index in [2.05, 4.69) is 5.32 Å². The third kappa shape index (κ3) is 5.02. The maximum atomic E-state index is 12.2. The van der Waals surface area contributed by atoms with E-state index in [4.69, 9.17) is 9.47 Å². The smallest absolute Gasteiger partial charge is 0.228 e. The Morgan fingerprint density at radius 1 is 0.957 bits per heavy atom. The van der Waals surface area contributed by atoms with Gasteiger partial charge in [-0.25, -0.2) is 0 Å². The third-order valence-corrected chi connectivity index (χ3v) is 3.31. The van der Waals surface area contributed by atoms with Crippen LogP contribution in [0.5, 0.6) is 11.5 Å². The molecule has 0 fully saturated rings. The second-order valence-corrected chi connectivity index (χ2v) is 5.24. The predicted molar refractivity (Wildman–Crippen MR) is 92.3 cm³/mol. The highest BCUT2D eigenvalue weighted by atomic mass is 16.5. The van der Waals surface area contributed by atoms with Crippen molar-refractivity contribution in [1.29, 1.82) is 0 Å². The molecule has 0 saturated heterocycles. The Hall–Kier alpha value is -2.49. The van der Waals surface area contributed by atoms with E-state index in [1.54, 1.807) is 0 Å². The molecule has 0 heterocycles. The molecular weight excluding hydrogens is 290 g/mol. The van der Waals surface area contributed by atoms with Crippen molar-refractivity contribution < 1.29 is 14.3 Å². The van der Waals surface area contributed by atoms with Gasteiger partial charge in [-0.15, -0.1) is 0 Å². The summed E-state index contributed by atoms with van der Waals surface area (Å²) in [5, 5.41) is 2.90. The van der Waals surface area contributed by atoms with Crippen LogP contribution in [-0.4, -0.2) is 19.1 Å². The molecule has 0 atom stereocenters. The summed E-state index contributed by atoms with van der Waals surface area (Å²) in [6, 6.07) is 13.3. The lowest BCUT2D eigenvalue weighted by molar-refractivity contribution is -0.115. The number of ether oxygens (including phenoxy) is 2. The van der Waals surface area contributed by atoms with Crippen molar-refractivity contribution in [2.24, 2.45) is 0 Å². The number of carbonyl (C=O) groups excluding carboxylic acids is 1. The molecular formula is C19H23NO3. The van der Waals surface area contributed by atoms with Crippen molar-refractivity contribution in [2.45, 2.75) is 27.2 Å². The van der Waals surface area contributed by atoms with Gasteiger partial charge >= 0.3 is 0 Å². The fraction of sp³-hybridized carbons (Fsp3) is 0.316. The summed E-state index contributed by atoms with van der Waals surface area (Å²) in [5.74, 6) is 1.33. The highest BCUT2D eigenvalue weighted by molar-refractivity contribution is 5.92. The van der Waals surface area contributed by atoms with Gasteiger partial charge in [-0.05, 0) is 50.6 Å². The Labute approximate surface area is 137 Å². The van der Waals surface area contributed by atoms with Gasteiger partial charge in [0.2, 0.25) is 5.91 Å². The Kier molecular flexibility index (Phi) is 6.03. The van der Waals surface area contributed by atoms with Crippen molar-refractivity contribution in [3.8, 4) is 11.5 Å². The normalized spacial score (nSPS) is 10.2. The fourth-order valence-corrected chi connectivity index (χ4v) is 2.23. The molecule has 0 aromatic heterocycles. The summed E-state index contributed by atoms with van der Waals surface area (Å²) in [6.45, 7) is 7.00. The zero-order chi connectivity index (χ0) is 16.7. The summed E-state index contributed by atoms with van der Waals surface area (Å²) in [6.07, 6.45) is 0.292. The number of amides is 1. The van der Waals surface area contributed by atoms with Crippen LogP contribution in [0.1, 0.15) is 25.0 Å².